The number of nitrogens with one attached hydrogen (secondary N) is 1. The summed E-state index contributed by atoms with van der Waals surface area (Å²) >= 11 is 9.24. The lowest BCUT2D eigenvalue weighted by Gasteiger charge is -2.28. The Morgan fingerprint density at radius 2 is 2.16 bits per heavy atom. The molecule has 19 heavy (non-hydrogen) atoms. The fourth-order valence-corrected chi connectivity index (χ4v) is 3.13. The normalized spacial score (nSPS) is 17.4. The molecule has 5 heteroatoms. The van der Waals surface area contributed by atoms with Gasteiger partial charge in [-0.05, 0) is 73.0 Å². The van der Waals surface area contributed by atoms with Crippen LogP contribution in [0.5, 0.6) is 0 Å². The summed E-state index contributed by atoms with van der Waals surface area (Å²) in [6.45, 7) is 2.98. The van der Waals surface area contributed by atoms with Gasteiger partial charge in [-0.25, -0.2) is 0 Å². The Morgan fingerprint density at radius 1 is 1.47 bits per heavy atom. The molecule has 1 heterocycles. The molecule has 0 atom stereocenters. The van der Waals surface area contributed by atoms with Crippen molar-refractivity contribution in [3.05, 3.63) is 33.3 Å². The Bertz CT molecular complexity index is 459. The molecule has 0 radical (unpaired) electrons. The number of nitrogens with zero attached hydrogens (tertiary/aromatic N) is 1. The highest BCUT2D eigenvalue weighted by atomic mass is 79.9. The lowest BCUT2D eigenvalue weighted by molar-refractivity contribution is 0.0938. The van der Waals surface area contributed by atoms with Gasteiger partial charge in [-0.1, -0.05) is 11.6 Å². The number of likely N-dealkylation sites (tertiary alicyclic amines) is 1. The zero-order valence-electron chi connectivity index (χ0n) is 11.0. The highest BCUT2D eigenvalue weighted by Gasteiger charge is 2.18. The first kappa shape index (κ1) is 14.8. The van der Waals surface area contributed by atoms with Gasteiger partial charge in [0.15, 0.2) is 0 Å². The Hall–Kier alpha value is -0.580. The molecule has 1 aromatic carbocycles. The minimum Gasteiger partial charge on any atom is -0.352 e. The molecule has 1 aliphatic heterocycles. The minimum atomic E-state index is -0.0394. The molecule has 0 spiro atoms. The second kappa shape index (κ2) is 6.73. The summed E-state index contributed by atoms with van der Waals surface area (Å²) in [6.07, 6.45) is 2.30. The van der Waals surface area contributed by atoms with E-state index < -0.39 is 0 Å². The van der Waals surface area contributed by atoms with E-state index in [1.165, 1.54) is 0 Å². The molecule has 0 bridgehead atoms. The van der Waals surface area contributed by atoms with Gasteiger partial charge >= 0.3 is 0 Å². The Morgan fingerprint density at radius 3 is 2.79 bits per heavy atom. The van der Waals surface area contributed by atoms with Gasteiger partial charge in [0.1, 0.15) is 0 Å². The number of hydrogen-bond acceptors (Lipinski definition) is 2. The van der Waals surface area contributed by atoms with Gasteiger partial charge in [0, 0.05) is 16.0 Å². The standard InChI is InChI=1S/C14H18BrClN2O/c1-18-6-4-10(5-7-18)9-17-14(19)12-3-2-11(16)8-13(12)15/h2-3,8,10H,4-7,9H2,1H3,(H,17,19). The van der Waals surface area contributed by atoms with Crippen LogP contribution in [0.1, 0.15) is 23.2 Å². The van der Waals surface area contributed by atoms with E-state index in [0.29, 0.717) is 16.5 Å². The van der Waals surface area contributed by atoms with Crippen LogP contribution in [-0.4, -0.2) is 37.5 Å². The van der Waals surface area contributed by atoms with E-state index >= 15 is 0 Å². The van der Waals surface area contributed by atoms with Gasteiger partial charge < -0.3 is 10.2 Å². The van der Waals surface area contributed by atoms with Crippen molar-refractivity contribution in [2.24, 2.45) is 5.92 Å². The largest absolute Gasteiger partial charge is 0.352 e. The number of hydrogen-bond donors (Lipinski definition) is 1. The third kappa shape index (κ3) is 4.20. The van der Waals surface area contributed by atoms with E-state index in [2.05, 4.69) is 33.2 Å². The number of piperidine rings is 1. The molecular formula is C14H18BrClN2O. The molecular weight excluding hydrogens is 328 g/mol. The fourth-order valence-electron chi connectivity index (χ4n) is 2.27. The molecule has 1 fully saturated rings. The molecule has 0 unspecified atom stereocenters. The SMILES string of the molecule is CN1CCC(CNC(=O)c2ccc(Cl)cc2Br)CC1. The van der Waals surface area contributed by atoms with Crippen molar-refractivity contribution >= 4 is 33.4 Å². The number of carbonyl (C=O) groups is 1. The van der Waals surface area contributed by atoms with E-state index in [-0.39, 0.29) is 5.91 Å². The summed E-state index contributed by atoms with van der Waals surface area (Å²) in [7, 11) is 2.14. The average Bonchev–Trinajstić information content (AvgIpc) is 2.37. The summed E-state index contributed by atoms with van der Waals surface area (Å²) in [5, 5.41) is 3.64. The second-order valence-corrected chi connectivity index (χ2v) is 6.37. The molecule has 0 aromatic heterocycles. The van der Waals surface area contributed by atoms with Crippen LogP contribution in [-0.2, 0) is 0 Å². The maximum Gasteiger partial charge on any atom is 0.252 e. The van der Waals surface area contributed by atoms with Crippen LogP contribution in [0.4, 0.5) is 0 Å². The van der Waals surface area contributed by atoms with Crippen LogP contribution in [0, 0.1) is 5.92 Å². The van der Waals surface area contributed by atoms with Gasteiger partial charge in [0.05, 0.1) is 5.56 Å². The first-order chi connectivity index (χ1) is 9.06. The van der Waals surface area contributed by atoms with Gasteiger partial charge in [0.25, 0.3) is 5.91 Å². The second-order valence-electron chi connectivity index (χ2n) is 5.08. The minimum absolute atomic E-state index is 0.0394. The number of halogens is 2. The summed E-state index contributed by atoms with van der Waals surface area (Å²) in [5.41, 5.74) is 0.636. The van der Waals surface area contributed by atoms with Gasteiger partial charge in [-0.15, -0.1) is 0 Å². The maximum absolute atomic E-state index is 12.1. The maximum atomic E-state index is 12.1. The summed E-state index contributed by atoms with van der Waals surface area (Å²) in [6, 6.07) is 5.22. The predicted octanol–water partition coefficient (Wildman–Crippen LogP) is 3.17. The van der Waals surface area contributed by atoms with Gasteiger partial charge in [0.2, 0.25) is 0 Å². The van der Waals surface area contributed by atoms with Crippen LogP contribution < -0.4 is 5.32 Å². The zero-order valence-corrected chi connectivity index (χ0v) is 13.3. The van der Waals surface area contributed by atoms with Crippen LogP contribution in [0.3, 0.4) is 0 Å². The lowest BCUT2D eigenvalue weighted by atomic mass is 9.97. The van der Waals surface area contributed by atoms with E-state index in [4.69, 9.17) is 11.6 Å². The third-order valence-electron chi connectivity index (χ3n) is 3.57. The molecule has 0 saturated carbocycles. The van der Waals surface area contributed by atoms with Crippen molar-refractivity contribution in [1.82, 2.24) is 10.2 Å². The number of carbonyl (C=O) groups excluding carboxylic acids is 1. The molecule has 1 N–H and O–H groups in total. The van der Waals surface area contributed by atoms with Gasteiger partial charge in [-0.3, -0.25) is 4.79 Å². The van der Waals surface area contributed by atoms with Gasteiger partial charge in [-0.2, -0.15) is 0 Å². The molecule has 3 nitrogen and oxygen atoms in total. The Balaban J connectivity index is 1.87. The molecule has 1 amide bonds. The Kier molecular flexibility index (Phi) is 5.25. The van der Waals surface area contributed by atoms with E-state index in [1.54, 1.807) is 18.2 Å². The van der Waals surface area contributed by atoms with E-state index in [9.17, 15) is 4.79 Å². The molecule has 0 aliphatic carbocycles. The summed E-state index contributed by atoms with van der Waals surface area (Å²) < 4.78 is 0.737. The van der Waals surface area contributed by atoms with Crippen molar-refractivity contribution in [3.63, 3.8) is 0 Å². The topological polar surface area (TPSA) is 32.3 Å². The lowest BCUT2D eigenvalue weighted by Crippen LogP contribution is -2.36. The van der Waals surface area contributed by atoms with Crippen molar-refractivity contribution < 1.29 is 4.79 Å². The quantitative estimate of drug-likeness (QED) is 0.912. The summed E-state index contributed by atoms with van der Waals surface area (Å²) in [5.74, 6) is 0.550. The van der Waals surface area contributed by atoms with E-state index in [0.717, 1.165) is 36.9 Å². The number of benzene rings is 1. The van der Waals surface area contributed by atoms with Crippen LogP contribution >= 0.6 is 27.5 Å². The highest BCUT2D eigenvalue weighted by molar-refractivity contribution is 9.10. The van der Waals surface area contributed by atoms with Crippen LogP contribution in [0.25, 0.3) is 0 Å². The molecule has 1 saturated heterocycles. The first-order valence-corrected chi connectivity index (χ1v) is 7.65. The molecule has 2 rings (SSSR count). The van der Waals surface area contributed by atoms with Crippen molar-refractivity contribution in [2.45, 2.75) is 12.8 Å². The van der Waals surface area contributed by atoms with Crippen LogP contribution in [0.15, 0.2) is 22.7 Å². The van der Waals surface area contributed by atoms with Crippen molar-refractivity contribution in [3.8, 4) is 0 Å². The smallest absolute Gasteiger partial charge is 0.252 e. The van der Waals surface area contributed by atoms with Crippen molar-refractivity contribution in [1.29, 1.82) is 0 Å². The summed E-state index contributed by atoms with van der Waals surface area (Å²) in [4.78, 5) is 14.4. The van der Waals surface area contributed by atoms with Crippen LogP contribution in [0.2, 0.25) is 5.02 Å². The molecule has 104 valence electrons. The monoisotopic (exact) mass is 344 g/mol. The number of amides is 1. The first-order valence-electron chi connectivity index (χ1n) is 6.48. The number of rotatable bonds is 3. The molecule has 1 aliphatic rings. The highest BCUT2D eigenvalue weighted by Crippen LogP contribution is 2.22. The third-order valence-corrected chi connectivity index (χ3v) is 4.46. The predicted molar refractivity (Wildman–Crippen MR) is 81.7 cm³/mol. The zero-order chi connectivity index (χ0) is 13.8. The average molecular weight is 346 g/mol. The molecule has 1 aromatic rings. The fraction of sp³-hybridized carbons (Fsp3) is 0.500. The van der Waals surface area contributed by atoms with Crippen molar-refractivity contribution in [2.75, 3.05) is 26.7 Å². The Labute approximate surface area is 127 Å². The van der Waals surface area contributed by atoms with E-state index in [1.807, 2.05) is 0 Å².